The summed E-state index contributed by atoms with van der Waals surface area (Å²) in [6, 6.07) is 17.0. The quantitative estimate of drug-likeness (QED) is 0.397. The number of halogens is 2. The molecule has 37 heavy (non-hydrogen) atoms. The highest BCUT2D eigenvalue weighted by Crippen LogP contribution is 2.32. The number of benzene rings is 3. The van der Waals surface area contributed by atoms with E-state index in [9.17, 15) is 21.2 Å². The lowest BCUT2D eigenvalue weighted by Gasteiger charge is -2.36. The SMILES string of the molecule is COc1ccc(S(=O)(=O)NCCc2ccc(F)cc2)cc1N1CCN(S(=O)(=O)c2ccc(Br)cc2)CC1. The number of nitrogens with one attached hydrogen (secondary N) is 1. The molecule has 3 aromatic rings. The number of piperazine rings is 1. The fourth-order valence-electron chi connectivity index (χ4n) is 4.07. The van der Waals surface area contributed by atoms with Gasteiger partial charge in [0, 0.05) is 37.2 Å². The van der Waals surface area contributed by atoms with E-state index in [1.165, 1.54) is 35.7 Å². The fourth-order valence-corrected chi connectivity index (χ4v) is 6.81. The van der Waals surface area contributed by atoms with Crippen LogP contribution in [0.1, 0.15) is 5.56 Å². The van der Waals surface area contributed by atoms with E-state index in [4.69, 9.17) is 4.74 Å². The molecule has 1 fully saturated rings. The van der Waals surface area contributed by atoms with E-state index in [2.05, 4.69) is 20.7 Å². The van der Waals surface area contributed by atoms with Crippen LogP contribution in [0.3, 0.4) is 0 Å². The molecule has 0 atom stereocenters. The Bertz CT molecular complexity index is 1440. The maximum absolute atomic E-state index is 13.1. The van der Waals surface area contributed by atoms with Crippen molar-refractivity contribution in [2.45, 2.75) is 16.2 Å². The van der Waals surface area contributed by atoms with E-state index >= 15 is 0 Å². The second-order valence-corrected chi connectivity index (χ2v) is 13.1. The van der Waals surface area contributed by atoms with Gasteiger partial charge in [0.05, 0.1) is 22.6 Å². The highest BCUT2D eigenvalue weighted by atomic mass is 79.9. The molecule has 0 saturated carbocycles. The molecule has 1 aliphatic rings. The van der Waals surface area contributed by atoms with E-state index in [0.717, 1.165) is 10.0 Å². The van der Waals surface area contributed by atoms with Crippen molar-refractivity contribution in [3.05, 3.63) is 82.6 Å². The summed E-state index contributed by atoms with van der Waals surface area (Å²) in [6.45, 7) is 1.38. The van der Waals surface area contributed by atoms with Gasteiger partial charge in [-0.25, -0.2) is 25.9 Å². The van der Waals surface area contributed by atoms with E-state index in [-0.39, 0.29) is 35.2 Å². The van der Waals surface area contributed by atoms with Gasteiger partial charge in [0.2, 0.25) is 20.0 Å². The van der Waals surface area contributed by atoms with E-state index < -0.39 is 20.0 Å². The first-order chi connectivity index (χ1) is 17.6. The third-order valence-electron chi connectivity index (χ3n) is 6.11. The standard InChI is InChI=1S/C25H27BrFN3O5S2/c1-35-25-11-10-23(36(31,32)28-13-12-19-2-6-21(27)7-3-19)18-24(25)29-14-16-30(17-15-29)37(33,34)22-8-4-20(26)5-9-22/h2-11,18,28H,12-17H2,1H3. The molecule has 1 N–H and O–H groups in total. The molecule has 1 saturated heterocycles. The molecular formula is C25H27BrFN3O5S2. The predicted octanol–water partition coefficient (Wildman–Crippen LogP) is 3.63. The third kappa shape index (κ3) is 6.50. The minimum Gasteiger partial charge on any atom is -0.495 e. The molecular weight excluding hydrogens is 585 g/mol. The minimum absolute atomic E-state index is 0.0762. The van der Waals surface area contributed by atoms with Crippen LogP contribution in [0.25, 0.3) is 0 Å². The minimum atomic E-state index is -3.81. The van der Waals surface area contributed by atoms with Crippen molar-refractivity contribution in [3.8, 4) is 5.75 Å². The Kier molecular flexibility index (Phi) is 8.54. The van der Waals surface area contributed by atoms with Crippen LogP contribution in [0.4, 0.5) is 10.1 Å². The first-order valence-corrected chi connectivity index (χ1v) is 15.2. The summed E-state index contributed by atoms with van der Waals surface area (Å²) in [6.07, 6.45) is 0.414. The zero-order valence-electron chi connectivity index (χ0n) is 20.1. The van der Waals surface area contributed by atoms with Gasteiger partial charge in [-0.1, -0.05) is 28.1 Å². The lowest BCUT2D eigenvalue weighted by atomic mass is 10.1. The number of methoxy groups -OCH3 is 1. The first kappa shape index (κ1) is 27.5. The van der Waals surface area contributed by atoms with Gasteiger partial charge in [-0.3, -0.25) is 0 Å². The van der Waals surface area contributed by atoms with Gasteiger partial charge in [-0.05, 0) is 66.6 Å². The van der Waals surface area contributed by atoms with Gasteiger partial charge in [0.1, 0.15) is 11.6 Å². The summed E-state index contributed by atoms with van der Waals surface area (Å²) in [5, 5.41) is 0. The highest BCUT2D eigenvalue weighted by molar-refractivity contribution is 9.10. The van der Waals surface area contributed by atoms with Gasteiger partial charge in [-0.2, -0.15) is 4.31 Å². The molecule has 198 valence electrons. The lowest BCUT2D eigenvalue weighted by Crippen LogP contribution is -2.48. The molecule has 0 aromatic heterocycles. The Morgan fingerprint density at radius 2 is 1.51 bits per heavy atom. The van der Waals surface area contributed by atoms with Crippen LogP contribution in [0.2, 0.25) is 0 Å². The Morgan fingerprint density at radius 1 is 0.892 bits per heavy atom. The molecule has 3 aromatic carbocycles. The molecule has 0 amide bonds. The molecule has 12 heteroatoms. The van der Waals surface area contributed by atoms with Gasteiger partial charge >= 0.3 is 0 Å². The van der Waals surface area contributed by atoms with E-state index in [1.54, 1.807) is 42.5 Å². The van der Waals surface area contributed by atoms with Gasteiger partial charge in [0.15, 0.2) is 0 Å². The van der Waals surface area contributed by atoms with Crippen LogP contribution in [-0.4, -0.2) is 61.0 Å². The van der Waals surface area contributed by atoms with Gasteiger partial charge in [0.25, 0.3) is 0 Å². The van der Waals surface area contributed by atoms with E-state index in [1.807, 2.05) is 4.90 Å². The molecule has 8 nitrogen and oxygen atoms in total. The lowest BCUT2D eigenvalue weighted by molar-refractivity contribution is 0.378. The van der Waals surface area contributed by atoms with Crippen molar-refractivity contribution in [1.82, 2.24) is 9.03 Å². The normalized spacial score (nSPS) is 15.1. The second-order valence-electron chi connectivity index (χ2n) is 8.45. The summed E-state index contributed by atoms with van der Waals surface area (Å²) in [7, 11) is -5.95. The maximum Gasteiger partial charge on any atom is 0.243 e. The number of nitrogens with zero attached hydrogens (tertiary/aromatic N) is 2. The molecule has 0 radical (unpaired) electrons. The smallest absolute Gasteiger partial charge is 0.243 e. The van der Waals surface area contributed by atoms with Crippen molar-refractivity contribution in [2.24, 2.45) is 0 Å². The first-order valence-electron chi connectivity index (χ1n) is 11.5. The van der Waals surface area contributed by atoms with Crippen molar-refractivity contribution >= 4 is 41.7 Å². The number of hydrogen-bond donors (Lipinski definition) is 1. The number of sulfonamides is 2. The molecule has 0 spiro atoms. The molecule has 4 rings (SSSR count). The van der Waals surface area contributed by atoms with Gasteiger partial charge < -0.3 is 9.64 Å². The molecule has 1 heterocycles. The zero-order chi connectivity index (χ0) is 26.6. The van der Waals surface area contributed by atoms with Crippen molar-refractivity contribution in [1.29, 1.82) is 0 Å². The Balaban J connectivity index is 1.45. The van der Waals surface area contributed by atoms with Crippen LogP contribution < -0.4 is 14.4 Å². The largest absolute Gasteiger partial charge is 0.495 e. The monoisotopic (exact) mass is 611 g/mol. The summed E-state index contributed by atoms with van der Waals surface area (Å²) in [4.78, 5) is 2.22. The number of rotatable bonds is 9. The Labute approximate surface area is 225 Å². The maximum atomic E-state index is 13.1. The third-order valence-corrected chi connectivity index (χ3v) is 10.0. The summed E-state index contributed by atoms with van der Waals surface area (Å²) in [5.41, 5.74) is 1.39. The zero-order valence-corrected chi connectivity index (χ0v) is 23.3. The van der Waals surface area contributed by atoms with Crippen molar-refractivity contribution in [2.75, 3.05) is 44.7 Å². The average Bonchev–Trinajstić information content (AvgIpc) is 2.89. The van der Waals surface area contributed by atoms with Crippen LogP contribution in [-0.2, 0) is 26.5 Å². The molecule has 0 unspecified atom stereocenters. The summed E-state index contributed by atoms with van der Waals surface area (Å²) < 4.78 is 75.3. The Hall–Kier alpha value is -2.51. The predicted molar refractivity (Wildman–Crippen MR) is 143 cm³/mol. The Morgan fingerprint density at radius 3 is 2.14 bits per heavy atom. The number of anilines is 1. The summed E-state index contributed by atoms with van der Waals surface area (Å²) in [5.74, 6) is 0.149. The van der Waals surface area contributed by atoms with Crippen LogP contribution in [0, 0.1) is 5.82 Å². The van der Waals surface area contributed by atoms with Crippen LogP contribution in [0.5, 0.6) is 5.75 Å². The fraction of sp³-hybridized carbons (Fsp3) is 0.280. The van der Waals surface area contributed by atoms with Crippen LogP contribution >= 0.6 is 15.9 Å². The highest BCUT2D eigenvalue weighted by Gasteiger charge is 2.30. The second kappa shape index (κ2) is 11.5. The number of hydrogen-bond acceptors (Lipinski definition) is 6. The molecule has 0 aliphatic carbocycles. The average molecular weight is 613 g/mol. The van der Waals surface area contributed by atoms with Crippen molar-refractivity contribution in [3.63, 3.8) is 0 Å². The molecule has 1 aliphatic heterocycles. The summed E-state index contributed by atoms with van der Waals surface area (Å²) >= 11 is 3.32. The van der Waals surface area contributed by atoms with E-state index in [0.29, 0.717) is 30.9 Å². The number of ether oxygens (including phenoxy) is 1. The van der Waals surface area contributed by atoms with Gasteiger partial charge in [-0.15, -0.1) is 0 Å². The topological polar surface area (TPSA) is 96.0 Å². The van der Waals surface area contributed by atoms with Crippen LogP contribution in [0.15, 0.2) is 81.0 Å². The van der Waals surface area contributed by atoms with Crippen molar-refractivity contribution < 1.29 is 26.0 Å². The molecule has 0 bridgehead atoms.